The van der Waals surface area contributed by atoms with E-state index in [1.54, 1.807) is 0 Å². The lowest BCUT2D eigenvalue weighted by Gasteiger charge is -2.62. The summed E-state index contributed by atoms with van der Waals surface area (Å²) in [7, 11) is 0. The Morgan fingerprint density at radius 2 is 1.67 bits per heavy atom. The largest absolute Gasteiger partial charge is 0.462 e. The maximum atomic E-state index is 12.8. The molecule has 0 aromatic carbocycles. The summed E-state index contributed by atoms with van der Waals surface area (Å²) >= 11 is 0. The molecule has 0 amide bonds. The second-order valence-corrected chi connectivity index (χ2v) is 17.0. The van der Waals surface area contributed by atoms with Crippen molar-refractivity contribution in [1.82, 2.24) is 0 Å². The fourth-order valence-electron chi connectivity index (χ4n) is 10.4. The molecule has 0 bridgehead atoms. The predicted molar refractivity (Wildman–Crippen MR) is 164 cm³/mol. The Morgan fingerprint density at radius 3 is 2.33 bits per heavy atom. The van der Waals surface area contributed by atoms with Gasteiger partial charge in [-0.05, 0) is 124 Å². The number of carbonyl (C=O) groups is 3. The van der Waals surface area contributed by atoms with Crippen LogP contribution in [0.15, 0.2) is 0 Å². The van der Waals surface area contributed by atoms with Crippen molar-refractivity contribution in [2.24, 2.45) is 57.2 Å². The number of rotatable bonds is 8. The van der Waals surface area contributed by atoms with Gasteiger partial charge in [0, 0.05) is 11.8 Å². The van der Waals surface area contributed by atoms with Crippen LogP contribution < -0.4 is 0 Å². The molecule has 1 saturated heterocycles. The summed E-state index contributed by atoms with van der Waals surface area (Å²) in [6, 6.07) is 0. The van der Waals surface area contributed by atoms with Crippen molar-refractivity contribution >= 4 is 17.9 Å². The molecule has 4 aliphatic carbocycles. The number of esters is 3. The molecule has 5 fully saturated rings. The maximum absolute atomic E-state index is 12.8. The van der Waals surface area contributed by atoms with E-state index in [4.69, 9.17) is 14.2 Å². The van der Waals surface area contributed by atoms with Crippen LogP contribution in [0.4, 0.5) is 0 Å². The Bertz CT molecular complexity index is 1080. The molecule has 1 aliphatic heterocycles. The van der Waals surface area contributed by atoms with E-state index < -0.39 is 22.9 Å². The first-order valence-corrected chi connectivity index (χ1v) is 17.3. The number of hydrogen-bond acceptors (Lipinski definition) is 7. The first kappa shape index (κ1) is 32.8. The molecule has 4 saturated carbocycles. The maximum Gasteiger partial charge on any atom is 0.348 e. The minimum absolute atomic E-state index is 0.0391. The van der Waals surface area contributed by atoms with E-state index in [0.717, 1.165) is 57.8 Å². The van der Waals surface area contributed by atoms with Crippen molar-refractivity contribution in [1.29, 1.82) is 0 Å². The molecule has 43 heavy (non-hydrogen) atoms. The number of cyclic esters (lactones) is 1. The van der Waals surface area contributed by atoms with Crippen molar-refractivity contribution in [3.63, 3.8) is 0 Å². The number of ether oxygens (including phenoxy) is 3. The number of fused-ring (bicyclic) bond motifs is 5. The van der Waals surface area contributed by atoms with Crippen LogP contribution >= 0.6 is 0 Å². The average Bonchev–Trinajstić information content (AvgIpc) is 3.43. The molecule has 11 atom stereocenters. The molecule has 0 spiro atoms. The van der Waals surface area contributed by atoms with Crippen LogP contribution in [0.2, 0.25) is 0 Å². The van der Waals surface area contributed by atoms with Gasteiger partial charge < -0.3 is 19.3 Å². The highest BCUT2D eigenvalue weighted by molar-refractivity contribution is 5.81. The van der Waals surface area contributed by atoms with Crippen molar-refractivity contribution in [2.45, 2.75) is 144 Å². The van der Waals surface area contributed by atoms with Gasteiger partial charge in [-0.25, -0.2) is 4.79 Å². The lowest BCUT2D eigenvalue weighted by atomic mass is 9.43. The Morgan fingerprint density at radius 1 is 1.00 bits per heavy atom. The van der Waals surface area contributed by atoms with Gasteiger partial charge in [0.15, 0.2) is 0 Å². The van der Waals surface area contributed by atoms with Crippen LogP contribution in [0, 0.1) is 57.2 Å². The second-order valence-electron chi connectivity index (χ2n) is 17.0. The smallest absolute Gasteiger partial charge is 0.348 e. The first-order chi connectivity index (χ1) is 20.0. The van der Waals surface area contributed by atoms with Gasteiger partial charge in [0.05, 0.1) is 11.5 Å². The van der Waals surface area contributed by atoms with E-state index >= 15 is 0 Å². The Balaban J connectivity index is 1.21. The summed E-state index contributed by atoms with van der Waals surface area (Å²) in [4.78, 5) is 37.7. The van der Waals surface area contributed by atoms with Gasteiger partial charge in [0.25, 0.3) is 0 Å². The van der Waals surface area contributed by atoms with Gasteiger partial charge >= 0.3 is 17.9 Å². The fourth-order valence-corrected chi connectivity index (χ4v) is 10.4. The Labute approximate surface area is 259 Å². The zero-order valence-corrected chi connectivity index (χ0v) is 28.1. The fraction of sp³-hybridized carbons (Fsp3) is 0.917. The summed E-state index contributed by atoms with van der Waals surface area (Å²) in [5.41, 5.74) is -0.611. The minimum Gasteiger partial charge on any atom is -0.462 e. The first-order valence-electron chi connectivity index (χ1n) is 17.3. The lowest BCUT2D eigenvalue weighted by Crippen LogP contribution is -2.59. The van der Waals surface area contributed by atoms with Crippen molar-refractivity contribution < 1.29 is 33.7 Å². The topological polar surface area (TPSA) is 99.1 Å². The SMILES string of the molecule is CCC(C)(C)C(=O)OC1CCC2(C)C(C1)CC(O)C1C2CCC2(C)C(C(C)CCC(=O)OC3C(=O)OCC3(C)C)CCC12. The lowest BCUT2D eigenvalue weighted by molar-refractivity contribution is -0.186. The molecule has 244 valence electrons. The van der Waals surface area contributed by atoms with E-state index in [-0.39, 0.29) is 41.6 Å². The number of hydrogen-bond donors (Lipinski definition) is 1. The molecule has 7 nitrogen and oxygen atoms in total. The summed E-state index contributed by atoms with van der Waals surface area (Å²) < 4.78 is 16.8. The molecule has 7 heteroatoms. The van der Waals surface area contributed by atoms with Crippen LogP contribution in [0.1, 0.15) is 126 Å². The number of aliphatic hydroxyl groups excluding tert-OH is 1. The van der Waals surface area contributed by atoms with Crippen LogP contribution in [0.3, 0.4) is 0 Å². The molecule has 1 N–H and O–H groups in total. The van der Waals surface area contributed by atoms with E-state index in [1.165, 1.54) is 6.42 Å². The minimum atomic E-state index is -0.817. The summed E-state index contributed by atoms with van der Waals surface area (Å²) in [5.74, 6) is 1.73. The van der Waals surface area contributed by atoms with Gasteiger partial charge in [0.1, 0.15) is 12.7 Å². The van der Waals surface area contributed by atoms with Crippen LogP contribution in [0.5, 0.6) is 0 Å². The third-order valence-corrected chi connectivity index (χ3v) is 13.7. The normalized spacial score (nSPS) is 42.7. The third-order valence-electron chi connectivity index (χ3n) is 13.7. The molecule has 5 rings (SSSR count). The Kier molecular flexibility index (Phi) is 8.85. The van der Waals surface area contributed by atoms with E-state index in [0.29, 0.717) is 41.9 Å². The highest BCUT2D eigenvalue weighted by Gasteiger charge is 2.63. The van der Waals surface area contributed by atoms with Crippen molar-refractivity contribution in [3.8, 4) is 0 Å². The summed E-state index contributed by atoms with van der Waals surface area (Å²) in [5, 5.41) is 11.7. The monoisotopic (exact) mass is 602 g/mol. The van der Waals surface area contributed by atoms with Crippen molar-refractivity contribution in [2.75, 3.05) is 6.61 Å². The van der Waals surface area contributed by atoms with Crippen LogP contribution in [-0.4, -0.2) is 47.9 Å². The van der Waals surface area contributed by atoms with Gasteiger partial charge in [-0.1, -0.05) is 41.5 Å². The molecule has 0 aromatic rings. The predicted octanol–water partition coefficient (Wildman–Crippen LogP) is 6.88. The summed E-state index contributed by atoms with van der Waals surface area (Å²) in [6.45, 7) is 17.2. The van der Waals surface area contributed by atoms with Crippen LogP contribution in [0.25, 0.3) is 0 Å². The highest BCUT2D eigenvalue weighted by Crippen LogP contribution is 2.68. The second kappa shape index (κ2) is 11.6. The van der Waals surface area contributed by atoms with E-state index in [1.807, 2.05) is 34.6 Å². The molecular weight excluding hydrogens is 544 g/mol. The number of carbonyl (C=O) groups excluding carboxylic acids is 3. The van der Waals surface area contributed by atoms with Gasteiger partial charge in [0.2, 0.25) is 6.10 Å². The van der Waals surface area contributed by atoms with Crippen molar-refractivity contribution in [3.05, 3.63) is 0 Å². The van der Waals surface area contributed by atoms with E-state index in [2.05, 4.69) is 20.8 Å². The Hall–Kier alpha value is -1.63. The third kappa shape index (κ3) is 5.78. The quantitative estimate of drug-likeness (QED) is 0.239. The van der Waals surface area contributed by atoms with E-state index in [9.17, 15) is 19.5 Å². The molecule has 1 heterocycles. The summed E-state index contributed by atoms with van der Waals surface area (Å²) in [6.07, 6.45) is 8.91. The highest BCUT2D eigenvalue weighted by atomic mass is 16.6. The molecule has 11 unspecified atom stereocenters. The standard InChI is InChI=1S/C36H58O7/c1-9-33(3,4)32(40)42-23-14-16-35(7)22(18-23)19-27(37)29-25-12-11-24(36(25,8)17-15-26(29)35)21(2)10-13-28(38)43-30-31(39)41-20-34(30,5)6/h21-27,29-30,37H,9-20H2,1-8H3. The van der Waals surface area contributed by atoms with Gasteiger partial charge in [-0.15, -0.1) is 0 Å². The molecular formula is C36H58O7. The van der Waals surface area contributed by atoms with Crippen LogP contribution in [-0.2, 0) is 28.6 Å². The van der Waals surface area contributed by atoms with Gasteiger partial charge in [-0.3, -0.25) is 9.59 Å². The molecule has 5 aliphatic rings. The zero-order chi connectivity index (χ0) is 31.5. The zero-order valence-electron chi connectivity index (χ0n) is 28.1. The number of aliphatic hydroxyl groups is 1. The average molecular weight is 603 g/mol. The molecule has 0 radical (unpaired) electrons. The molecule has 0 aromatic heterocycles. The van der Waals surface area contributed by atoms with Gasteiger partial charge in [-0.2, -0.15) is 0 Å².